The fourth-order valence-corrected chi connectivity index (χ4v) is 6.49. The minimum atomic E-state index is -0.649. The van der Waals surface area contributed by atoms with E-state index in [9.17, 15) is 0 Å². The molecule has 32 heavy (non-hydrogen) atoms. The van der Waals surface area contributed by atoms with Crippen molar-refractivity contribution in [3.05, 3.63) is 40.4 Å². The van der Waals surface area contributed by atoms with Crippen LogP contribution in [-0.4, -0.2) is 58.3 Å². The van der Waals surface area contributed by atoms with Crippen LogP contribution >= 0.6 is 11.6 Å². The van der Waals surface area contributed by atoms with E-state index >= 15 is 0 Å². The fraction of sp³-hybridized carbons (Fsp3) is 0.680. The molecule has 4 heterocycles. The van der Waals surface area contributed by atoms with Crippen LogP contribution in [0.5, 0.6) is 0 Å². The van der Waals surface area contributed by atoms with E-state index in [2.05, 4.69) is 26.7 Å². The minimum absolute atomic E-state index is 0.455. The molecule has 0 radical (unpaired) electrons. The standard InChI is InChI=1S/C25H33ClN4O2/c26-21-8-9-22-20(14-21)15-25(31-12-13-32-25)16-23-27-28-24(30(22)23)19-6-4-18(5-7-19)17-29-10-2-1-3-11-29/h8-9,14,18-19H,1-7,10-13,15-17H2. The number of hydrogen-bond donors (Lipinski definition) is 0. The zero-order valence-electron chi connectivity index (χ0n) is 18.8. The lowest BCUT2D eigenvalue weighted by atomic mass is 9.81. The van der Waals surface area contributed by atoms with Crippen LogP contribution in [-0.2, 0) is 22.3 Å². The molecule has 1 saturated carbocycles. The highest BCUT2D eigenvalue weighted by Gasteiger charge is 2.42. The van der Waals surface area contributed by atoms with Gasteiger partial charge in [-0.25, -0.2) is 0 Å². The van der Waals surface area contributed by atoms with E-state index in [0.717, 1.165) is 33.8 Å². The summed E-state index contributed by atoms with van der Waals surface area (Å²) >= 11 is 6.38. The van der Waals surface area contributed by atoms with Gasteiger partial charge in [0.25, 0.3) is 0 Å². The number of aromatic nitrogens is 3. The summed E-state index contributed by atoms with van der Waals surface area (Å²) in [7, 11) is 0. The van der Waals surface area contributed by atoms with Gasteiger partial charge in [-0.1, -0.05) is 18.0 Å². The molecule has 1 aromatic carbocycles. The fourth-order valence-electron chi connectivity index (χ4n) is 6.29. The van der Waals surface area contributed by atoms with Gasteiger partial charge < -0.3 is 14.4 Å². The molecule has 2 saturated heterocycles. The number of likely N-dealkylation sites (tertiary alicyclic amines) is 1. The molecule has 0 bridgehead atoms. The predicted octanol–water partition coefficient (Wildman–Crippen LogP) is 4.52. The number of halogens is 1. The average molecular weight is 457 g/mol. The molecule has 6 nitrogen and oxygen atoms in total. The molecule has 1 spiro atoms. The van der Waals surface area contributed by atoms with E-state index in [4.69, 9.17) is 26.2 Å². The van der Waals surface area contributed by atoms with Crippen LogP contribution in [0, 0.1) is 5.92 Å². The van der Waals surface area contributed by atoms with Crippen molar-refractivity contribution in [2.45, 2.75) is 69.5 Å². The second kappa shape index (κ2) is 8.71. The maximum atomic E-state index is 6.38. The third-order valence-electron chi connectivity index (χ3n) is 7.92. The Morgan fingerprint density at radius 3 is 2.53 bits per heavy atom. The average Bonchev–Trinajstić information content (AvgIpc) is 3.40. The lowest BCUT2D eigenvalue weighted by Gasteiger charge is -2.34. The number of nitrogens with zero attached hydrogens (tertiary/aromatic N) is 4. The molecule has 172 valence electrons. The van der Waals surface area contributed by atoms with E-state index < -0.39 is 5.79 Å². The quantitative estimate of drug-likeness (QED) is 0.679. The number of fused-ring (bicyclic) bond motifs is 3. The molecule has 0 unspecified atom stereocenters. The van der Waals surface area contributed by atoms with Crippen LogP contribution in [0.4, 0.5) is 0 Å². The highest BCUT2D eigenvalue weighted by Crippen LogP contribution is 2.40. The Labute approximate surface area is 195 Å². The molecule has 6 rings (SSSR count). The van der Waals surface area contributed by atoms with Gasteiger partial charge in [-0.2, -0.15) is 0 Å². The number of piperidine rings is 1. The van der Waals surface area contributed by atoms with Crippen LogP contribution in [0.15, 0.2) is 18.2 Å². The van der Waals surface area contributed by atoms with Crippen LogP contribution in [0.1, 0.15) is 68.1 Å². The highest BCUT2D eigenvalue weighted by atomic mass is 35.5. The van der Waals surface area contributed by atoms with E-state index in [0.29, 0.717) is 32.0 Å². The van der Waals surface area contributed by atoms with Crippen molar-refractivity contribution >= 4 is 11.6 Å². The normalized spacial score (nSPS) is 27.8. The van der Waals surface area contributed by atoms with Crippen molar-refractivity contribution in [1.82, 2.24) is 19.7 Å². The molecule has 1 aliphatic carbocycles. The monoisotopic (exact) mass is 456 g/mol. The van der Waals surface area contributed by atoms with Gasteiger partial charge >= 0.3 is 0 Å². The van der Waals surface area contributed by atoms with Crippen LogP contribution in [0.3, 0.4) is 0 Å². The molecule has 3 aliphatic heterocycles. The second-order valence-electron chi connectivity index (χ2n) is 10.1. The number of hydrogen-bond acceptors (Lipinski definition) is 5. The summed E-state index contributed by atoms with van der Waals surface area (Å²) in [5.41, 5.74) is 2.29. The predicted molar refractivity (Wildman–Crippen MR) is 123 cm³/mol. The first-order valence-corrected chi connectivity index (χ1v) is 12.8. The van der Waals surface area contributed by atoms with Crippen LogP contribution in [0.2, 0.25) is 5.02 Å². The van der Waals surface area contributed by atoms with Gasteiger partial charge in [-0.05, 0) is 81.3 Å². The summed E-state index contributed by atoms with van der Waals surface area (Å²) in [6.45, 7) is 5.12. The van der Waals surface area contributed by atoms with Gasteiger partial charge in [0.15, 0.2) is 5.79 Å². The summed E-state index contributed by atoms with van der Waals surface area (Å²) in [5, 5.41) is 10.1. The summed E-state index contributed by atoms with van der Waals surface area (Å²) < 4.78 is 14.5. The highest BCUT2D eigenvalue weighted by molar-refractivity contribution is 6.30. The van der Waals surface area contributed by atoms with Crippen molar-refractivity contribution in [1.29, 1.82) is 0 Å². The SMILES string of the molecule is Clc1ccc2c(c1)CC1(Cc3nnc(C4CCC(CN5CCCCC5)CC4)n3-2)OCCO1. The van der Waals surface area contributed by atoms with Crippen molar-refractivity contribution in [3.8, 4) is 5.69 Å². The zero-order valence-corrected chi connectivity index (χ0v) is 19.5. The van der Waals surface area contributed by atoms with Crippen molar-refractivity contribution in [3.63, 3.8) is 0 Å². The molecule has 0 atom stereocenters. The molecule has 1 aromatic heterocycles. The lowest BCUT2D eigenvalue weighted by molar-refractivity contribution is -0.155. The molecule has 0 amide bonds. The Balaban J connectivity index is 1.25. The number of rotatable bonds is 3. The Morgan fingerprint density at radius 1 is 0.969 bits per heavy atom. The maximum absolute atomic E-state index is 6.38. The van der Waals surface area contributed by atoms with Gasteiger partial charge in [0.1, 0.15) is 11.6 Å². The van der Waals surface area contributed by atoms with Crippen molar-refractivity contribution in [2.75, 3.05) is 32.8 Å². The molecular formula is C25H33ClN4O2. The van der Waals surface area contributed by atoms with E-state index in [1.54, 1.807) is 0 Å². The first-order chi connectivity index (χ1) is 15.7. The van der Waals surface area contributed by atoms with E-state index in [-0.39, 0.29) is 0 Å². The molecule has 4 aliphatic rings. The topological polar surface area (TPSA) is 52.4 Å². The third-order valence-corrected chi connectivity index (χ3v) is 8.15. The Bertz CT molecular complexity index is 957. The van der Waals surface area contributed by atoms with Crippen LogP contribution in [0.25, 0.3) is 5.69 Å². The van der Waals surface area contributed by atoms with Gasteiger partial charge in [0, 0.05) is 23.9 Å². The number of ether oxygens (including phenoxy) is 2. The van der Waals surface area contributed by atoms with Crippen LogP contribution < -0.4 is 0 Å². The Morgan fingerprint density at radius 2 is 1.75 bits per heavy atom. The van der Waals surface area contributed by atoms with Gasteiger partial charge in [-0.3, -0.25) is 4.57 Å². The Kier molecular flexibility index (Phi) is 5.74. The first-order valence-electron chi connectivity index (χ1n) is 12.4. The minimum Gasteiger partial charge on any atom is -0.347 e. The molecule has 0 N–H and O–H groups in total. The molecule has 2 aromatic rings. The second-order valence-corrected chi connectivity index (χ2v) is 10.6. The molecule has 7 heteroatoms. The van der Waals surface area contributed by atoms with E-state index in [1.807, 2.05) is 6.07 Å². The summed E-state index contributed by atoms with van der Waals surface area (Å²) in [6, 6.07) is 6.14. The zero-order chi connectivity index (χ0) is 21.5. The smallest absolute Gasteiger partial charge is 0.179 e. The first kappa shape index (κ1) is 21.1. The maximum Gasteiger partial charge on any atom is 0.179 e. The number of benzene rings is 1. The van der Waals surface area contributed by atoms with E-state index in [1.165, 1.54) is 64.6 Å². The summed E-state index contributed by atoms with van der Waals surface area (Å²) in [4.78, 5) is 2.69. The largest absolute Gasteiger partial charge is 0.347 e. The van der Waals surface area contributed by atoms with Gasteiger partial charge in [0.2, 0.25) is 0 Å². The molecular weight excluding hydrogens is 424 g/mol. The van der Waals surface area contributed by atoms with Crippen molar-refractivity contribution < 1.29 is 9.47 Å². The van der Waals surface area contributed by atoms with Crippen molar-refractivity contribution in [2.24, 2.45) is 5.92 Å². The van der Waals surface area contributed by atoms with Gasteiger partial charge in [0.05, 0.1) is 25.3 Å². The third kappa shape index (κ3) is 4.00. The van der Waals surface area contributed by atoms with Gasteiger partial charge in [-0.15, -0.1) is 10.2 Å². The lowest BCUT2D eigenvalue weighted by Crippen LogP contribution is -2.35. The summed E-state index contributed by atoms with van der Waals surface area (Å²) in [5.74, 6) is 2.68. The summed E-state index contributed by atoms with van der Waals surface area (Å²) in [6.07, 6.45) is 10.4. The molecule has 3 fully saturated rings. The Hall–Kier alpha value is -1.47.